The first kappa shape index (κ1) is 9.93. The predicted octanol–water partition coefficient (Wildman–Crippen LogP) is 1.99. The van der Waals surface area contributed by atoms with Crippen LogP contribution in [0.1, 0.15) is 5.56 Å². The highest BCUT2D eigenvalue weighted by molar-refractivity contribution is 9.10. The van der Waals surface area contributed by atoms with Gasteiger partial charge in [-0.15, -0.1) is 0 Å². The number of aryl methyl sites for hydroxylation is 1. The van der Waals surface area contributed by atoms with Gasteiger partial charge in [-0.1, -0.05) is 0 Å². The first-order valence-corrected chi connectivity index (χ1v) is 5.51. The minimum atomic E-state index is 0.794. The van der Waals surface area contributed by atoms with Crippen molar-refractivity contribution in [3.05, 3.63) is 22.3 Å². The number of hydrogen-bond donors (Lipinski definition) is 0. The van der Waals surface area contributed by atoms with Gasteiger partial charge in [0.25, 0.3) is 0 Å². The molecule has 0 spiro atoms. The standard InChI is InChI=1S/C10H13BrN2O/c1-8-6-9(11)10(12-7-8)13-2-4-14-5-3-13/h6-7H,2-5H2,1H3. The van der Waals surface area contributed by atoms with Crippen molar-refractivity contribution in [1.82, 2.24) is 4.98 Å². The summed E-state index contributed by atoms with van der Waals surface area (Å²) in [6.45, 7) is 5.48. The van der Waals surface area contributed by atoms with E-state index in [4.69, 9.17) is 4.74 Å². The van der Waals surface area contributed by atoms with Crippen LogP contribution in [0, 0.1) is 6.92 Å². The Balaban J connectivity index is 2.22. The number of hydrogen-bond acceptors (Lipinski definition) is 3. The van der Waals surface area contributed by atoms with Crippen molar-refractivity contribution in [3.8, 4) is 0 Å². The van der Waals surface area contributed by atoms with Crippen LogP contribution < -0.4 is 4.90 Å². The maximum atomic E-state index is 5.30. The Labute approximate surface area is 92.2 Å². The fourth-order valence-electron chi connectivity index (χ4n) is 1.53. The summed E-state index contributed by atoms with van der Waals surface area (Å²) >= 11 is 3.54. The minimum Gasteiger partial charge on any atom is -0.378 e. The number of halogens is 1. The van der Waals surface area contributed by atoms with Gasteiger partial charge in [0.05, 0.1) is 17.7 Å². The number of aromatic nitrogens is 1. The van der Waals surface area contributed by atoms with E-state index in [9.17, 15) is 0 Å². The molecule has 1 aliphatic heterocycles. The SMILES string of the molecule is Cc1cnc(N2CCOCC2)c(Br)c1. The van der Waals surface area contributed by atoms with Crippen LogP contribution in [-0.4, -0.2) is 31.3 Å². The summed E-state index contributed by atoms with van der Waals surface area (Å²) in [4.78, 5) is 6.67. The Hall–Kier alpha value is -0.610. The lowest BCUT2D eigenvalue weighted by atomic mass is 10.3. The quantitative estimate of drug-likeness (QED) is 0.769. The molecule has 0 aromatic carbocycles. The van der Waals surface area contributed by atoms with Gasteiger partial charge < -0.3 is 9.64 Å². The minimum absolute atomic E-state index is 0.794. The monoisotopic (exact) mass is 256 g/mol. The lowest BCUT2D eigenvalue weighted by Crippen LogP contribution is -2.36. The molecule has 0 bridgehead atoms. The van der Waals surface area contributed by atoms with Gasteiger partial charge in [0.15, 0.2) is 0 Å². The van der Waals surface area contributed by atoms with Crippen LogP contribution >= 0.6 is 15.9 Å². The summed E-state index contributed by atoms with van der Waals surface area (Å²) in [6, 6.07) is 2.10. The normalized spacial score (nSPS) is 17.1. The van der Waals surface area contributed by atoms with Gasteiger partial charge in [-0.3, -0.25) is 0 Å². The van der Waals surface area contributed by atoms with Crippen molar-refractivity contribution in [1.29, 1.82) is 0 Å². The van der Waals surface area contributed by atoms with Crippen molar-refractivity contribution in [2.24, 2.45) is 0 Å². The van der Waals surface area contributed by atoms with E-state index in [1.54, 1.807) is 0 Å². The van der Waals surface area contributed by atoms with Crippen molar-refractivity contribution < 1.29 is 4.74 Å². The molecular weight excluding hydrogens is 244 g/mol. The fraction of sp³-hybridized carbons (Fsp3) is 0.500. The number of anilines is 1. The molecule has 1 saturated heterocycles. The van der Waals surface area contributed by atoms with Crippen LogP contribution in [0.2, 0.25) is 0 Å². The van der Waals surface area contributed by atoms with Gasteiger partial charge >= 0.3 is 0 Å². The maximum absolute atomic E-state index is 5.30. The highest BCUT2D eigenvalue weighted by Crippen LogP contribution is 2.24. The Morgan fingerprint density at radius 2 is 2.14 bits per heavy atom. The van der Waals surface area contributed by atoms with Crippen LogP contribution in [0.15, 0.2) is 16.7 Å². The highest BCUT2D eigenvalue weighted by atomic mass is 79.9. The van der Waals surface area contributed by atoms with E-state index < -0.39 is 0 Å². The zero-order chi connectivity index (χ0) is 9.97. The summed E-state index contributed by atoms with van der Waals surface area (Å²) in [5.74, 6) is 1.03. The molecule has 0 atom stereocenters. The van der Waals surface area contributed by atoms with Crippen LogP contribution in [0.25, 0.3) is 0 Å². The molecule has 0 amide bonds. The predicted molar refractivity (Wildman–Crippen MR) is 59.7 cm³/mol. The van der Waals surface area contributed by atoms with Gasteiger partial charge in [0.1, 0.15) is 5.82 Å². The van der Waals surface area contributed by atoms with Crippen LogP contribution in [0.3, 0.4) is 0 Å². The van der Waals surface area contributed by atoms with Crippen molar-refractivity contribution in [3.63, 3.8) is 0 Å². The van der Waals surface area contributed by atoms with Crippen molar-refractivity contribution in [2.75, 3.05) is 31.2 Å². The van der Waals surface area contributed by atoms with E-state index in [2.05, 4.69) is 31.9 Å². The number of pyridine rings is 1. The van der Waals surface area contributed by atoms with E-state index in [0.29, 0.717) is 0 Å². The number of ether oxygens (including phenoxy) is 1. The molecule has 1 aliphatic rings. The van der Waals surface area contributed by atoms with Crippen molar-refractivity contribution in [2.45, 2.75) is 6.92 Å². The van der Waals surface area contributed by atoms with E-state index in [-0.39, 0.29) is 0 Å². The van der Waals surface area contributed by atoms with Gasteiger partial charge in [0, 0.05) is 19.3 Å². The van der Waals surface area contributed by atoms with Gasteiger partial charge in [-0.2, -0.15) is 0 Å². The molecule has 14 heavy (non-hydrogen) atoms. The molecule has 2 rings (SSSR count). The lowest BCUT2D eigenvalue weighted by Gasteiger charge is -2.28. The second kappa shape index (κ2) is 4.28. The highest BCUT2D eigenvalue weighted by Gasteiger charge is 2.14. The molecule has 0 N–H and O–H groups in total. The van der Waals surface area contributed by atoms with Crippen LogP contribution in [-0.2, 0) is 4.74 Å². The molecule has 2 heterocycles. The smallest absolute Gasteiger partial charge is 0.143 e. The van der Waals surface area contributed by atoms with Crippen molar-refractivity contribution >= 4 is 21.7 Å². The molecule has 1 aromatic heterocycles. The molecule has 0 aliphatic carbocycles. The molecule has 3 nitrogen and oxygen atoms in total. The Kier molecular flexibility index (Phi) is 3.03. The fourth-order valence-corrected chi connectivity index (χ4v) is 2.25. The third-order valence-electron chi connectivity index (χ3n) is 2.27. The van der Waals surface area contributed by atoms with Crippen LogP contribution in [0.5, 0.6) is 0 Å². The van der Waals surface area contributed by atoms with Gasteiger partial charge in [-0.05, 0) is 34.5 Å². The third kappa shape index (κ3) is 2.07. The first-order valence-electron chi connectivity index (χ1n) is 4.72. The first-order chi connectivity index (χ1) is 6.77. The Bertz CT molecular complexity index is 324. The molecule has 1 fully saturated rings. The average Bonchev–Trinajstić information content (AvgIpc) is 2.19. The summed E-state index contributed by atoms with van der Waals surface area (Å²) in [5, 5.41) is 0. The molecule has 0 saturated carbocycles. The molecule has 0 radical (unpaired) electrons. The number of nitrogens with zero attached hydrogens (tertiary/aromatic N) is 2. The second-order valence-electron chi connectivity index (χ2n) is 3.42. The Morgan fingerprint density at radius 1 is 1.43 bits per heavy atom. The lowest BCUT2D eigenvalue weighted by molar-refractivity contribution is 0.122. The molecule has 1 aromatic rings. The summed E-state index contributed by atoms with van der Waals surface area (Å²) < 4.78 is 6.37. The van der Waals surface area contributed by atoms with Gasteiger partial charge in [0.2, 0.25) is 0 Å². The number of morpholine rings is 1. The van der Waals surface area contributed by atoms with Crippen LogP contribution in [0.4, 0.5) is 5.82 Å². The zero-order valence-electron chi connectivity index (χ0n) is 8.16. The average molecular weight is 257 g/mol. The van der Waals surface area contributed by atoms with E-state index in [0.717, 1.165) is 36.6 Å². The summed E-state index contributed by atoms with van der Waals surface area (Å²) in [7, 11) is 0. The van der Waals surface area contributed by atoms with E-state index in [1.807, 2.05) is 13.1 Å². The molecule has 0 unspecified atom stereocenters. The molecular formula is C10H13BrN2O. The maximum Gasteiger partial charge on any atom is 0.143 e. The second-order valence-corrected chi connectivity index (χ2v) is 4.27. The van der Waals surface area contributed by atoms with Gasteiger partial charge in [-0.25, -0.2) is 4.98 Å². The van der Waals surface area contributed by atoms with E-state index >= 15 is 0 Å². The molecule has 76 valence electrons. The third-order valence-corrected chi connectivity index (χ3v) is 2.85. The summed E-state index contributed by atoms with van der Waals surface area (Å²) in [6.07, 6.45) is 1.90. The number of rotatable bonds is 1. The molecule has 4 heteroatoms. The Morgan fingerprint density at radius 3 is 2.79 bits per heavy atom. The van der Waals surface area contributed by atoms with E-state index in [1.165, 1.54) is 5.56 Å². The summed E-state index contributed by atoms with van der Waals surface area (Å²) in [5.41, 5.74) is 1.17. The largest absolute Gasteiger partial charge is 0.378 e. The zero-order valence-corrected chi connectivity index (χ0v) is 9.75. The topological polar surface area (TPSA) is 25.4 Å².